The standard InChI is InChI=1S/C13H16ClF3N4O2/c1-6-5-12(23,13(15,16)17)21(18-6)11(22)9(4)20-8(3)10(14)7(2)19-20/h9,23H,5H2,1-4H3/t9-,12-/m0/s1. The first-order valence-corrected chi connectivity index (χ1v) is 7.16. The quantitative estimate of drug-likeness (QED) is 0.889. The number of rotatable bonds is 2. The van der Waals surface area contributed by atoms with Gasteiger partial charge in [0.25, 0.3) is 11.6 Å². The van der Waals surface area contributed by atoms with Gasteiger partial charge in [-0.2, -0.15) is 28.4 Å². The lowest BCUT2D eigenvalue weighted by molar-refractivity contribution is -0.303. The molecule has 2 atom stereocenters. The highest BCUT2D eigenvalue weighted by atomic mass is 35.5. The second-order valence-corrected chi connectivity index (χ2v) is 5.96. The largest absolute Gasteiger partial charge is 0.438 e. The number of aryl methyl sites for hydroxylation is 1. The molecule has 128 valence electrons. The number of aromatic nitrogens is 2. The average Bonchev–Trinajstić information content (AvgIpc) is 2.88. The molecule has 0 aromatic carbocycles. The van der Waals surface area contributed by atoms with Crippen LogP contribution in [-0.4, -0.2) is 43.4 Å². The Hall–Kier alpha value is -1.61. The summed E-state index contributed by atoms with van der Waals surface area (Å²) in [5.41, 5.74) is -2.43. The smallest absolute Gasteiger partial charge is 0.362 e. The Bertz CT molecular complexity index is 685. The van der Waals surface area contributed by atoms with E-state index in [0.717, 1.165) is 0 Å². The van der Waals surface area contributed by atoms with Crippen molar-refractivity contribution in [3.05, 3.63) is 16.4 Å². The third-order valence-electron chi connectivity index (χ3n) is 3.75. The maximum Gasteiger partial charge on any atom is 0.438 e. The maximum atomic E-state index is 13.2. The summed E-state index contributed by atoms with van der Waals surface area (Å²) in [6.45, 7) is 5.90. The van der Waals surface area contributed by atoms with Crippen LogP contribution in [0, 0.1) is 13.8 Å². The Balaban J connectivity index is 2.40. The summed E-state index contributed by atoms with van der Waals surface area (Å²) in [6.07, 6.45) is -5.82. The van der Waals surface area contributed by atoms with Gasteiger partial charge in [0, 0.05) is 12.1 Å². The van der Waals surface area contributed by atoms with Crippen LogP contribution in [0.2, 0.25) is 5.02 Å². The lowest BCUT2D eigenvalue weighted by Crippen LogP contribution is -2.57. The molecule has 0 aliphatic carbocycles. The van der Waals surface area contributed by atoms with Gasteiger partial charge in [-0.15, -0.1) is 0 Å². The molecular formula is C13H16ClF3N4O2. The number of alkyl halides is 3. The molecule has 0 fully saturated rings. The molecule has 1 aromatic heterocycles. The normalized spacial score (nSPS) is 23.2. The Labute approximate surface area is 135 Å². The van der Waals surface area contributed by atoms with Crippen molar-refractivity contribution in [3.8, 4) is 0 Å². The molecule has 1 N–H and O–H groups in total. The minimum absolute atomic E-state index is 0.0109. The summed E-state index contributed by atoms with van der Waals surface area (Å²) in [7, 11) is 0. The SMILES string of the molecule is CC1=NN(C(=O)[C@H](C)n2nc(C)c(Cl)c2C)[C@@](O)(C(F)(F)F)C1. The molecule has 1 aliphatic heterocycles. The number of carbonyl (C=O) groups is 1. The minimum atomic E-state index is -5.03. The Morgan fingerprint density at radius 3 is 2.39 bits per heavy atom. The van der Waals surface area contributed by atoms with Crippen LogP contribution < -0.4 is 0 Å². The van der Waals surface area contributed by atoms with Crippen LogP contribution in [0.15, 0.2) is 5.10 Å². The molecule has 0 unspecified atom stereocenters. The van der Waals surface area contributed by atoms with Crippen LogP contribution in [0.3, 0.4) is 0 Å². The molecule has 0 saturated heterocycles. The molecule has 10 heteroatoms. The fourth-order valence-corrected chi connectivity index (χ4v) is 2.60. The van der Waals surface area contributed by atoms with Crippen LogP contribution in [-0.2, 0) is 4.79 Å². The van der Waals surface area contributed by atoms with Crippen LogP contribution in [0.1, 0.15) is 37.7 Å². The molecule has 2 heterocycles. The van der Waals surface area contributed by atoms with E-state index in [2.05, 4.69) is 10.2 Å². The lowest BCUT2D eigenvalue weighted by Gasteiger charge is -2.34. The van der Waals surface area contributed by atoms with Crippen molar-refractivity contribution >= 4 is 23.2 Å². The second-order valence-electron chi connectivity index (χ2n) is 5.58. The summed E-state index contributed by atoms with van der Waals surface area (Å²) in [6, 6.07) is -1.11. The van der Waals surface area contributed by atoms with Crippen molar-refractivity contribution in [3.63, 3.8) is 0 Å². The first-order chi connectivity index (χ1) is 10.4. The summed E-state index contributed by atoms with van der Waals surface area (Å²) in [5.74, 6) is -1.02. The fourth-order valence-electron chi connectivity index (χ4n) is 2.47. The van der Waals surface area contributed by atoms with Crippen molar-refractivity contribution in [2.24, 2.45) is 5.10 Å². The summed E-state index contributed by atoms with van der Waals surface area (Å²) in [4.78, 5) is 12.5. The predicted molar refractivity (Wildman–Crippen MR) is 77.0 cm³/mol. The van der Waals surface area contributed by atoms with E-state index < -0.39 is 30.3 Å². The number of halogens is 4. The maximum absolute atomic E-state index is 13.2. The van der Waals surface area contributed by atoms with Crippen molar-refractivity contribution in [2.75, 3.05) is 0 Å². The van der Waals surface area contributed by atoms with Gasteiger partial charge in [0.05, 0.1) is 16.4 Å². The van der Waals surface area contributed by atoms with Crippen LogP contribution in [0.5, 0.6) is 0 Å². The minimum Gasteiger partial charge on any atom is -0.362 e. The number of aliphatic hydroxyl groups is 1. The summed E-state index contributed by atoms with van der Waals surface area (Å²) < 4.78 is 40.8. The van der Waals surface area contributed by atoms with Crippen LogP contribution >= 0.6 is 11.6 Å². The highest BCUT2D eigenvalue weighted by Crippen LogP contribution is 2.41. The highest BCUT2D eigenvalue weighted by molar-refractivity contribution is 6.31. The number of carbonyl (C=O) groups excluding carboxylic acids is 1. The molecule has 1 aliphatic rings. The molecule has 0 spiro atoms. The van der Waals surface area contributed by atoms with Crippen molar-refractivity contribution in [1.82, 2.24) is 14.8 Å². The van der Waals surface area contributed by atoms with Gasteiger partial charge in [0.2, 0.25) is 0 Å². The molecule has 2 rings (SSSR count). The molecule has 23 heavy (non-hydrogen) atoms. The van der Waals surface area contributed by atoms with E-state index in [0.29, 0.717) is 16.4 Å². The van der Waals surface area contributed by atoms with Crippen molar-refractivity contribution in [2.45, 2.75) is 52.1 Å². The van der Waals surface area contributed by atoms with E-state index in [4.69, 9.17) is 11.6 Å². The van der Waals surface area contributed by atoms with Gasteiger partial charge in [0.1, 0.15) is 6.04 Å². The number of nitrogens with zero attached hydrogens (tertiary/aromatic N) is 4. The Kier molecular flexibility index (Phi) is 4.23. The molecular weight excluding hydrogens is 337 g/mol. The Morgan fingerprint density at radius 2 is 1.96 bits per heavy atom. The van der Waals surface area contributed by atoms with E-state index in [1.807, 2.05) is 0 Å². The number of amides is 1. The molecule has 0 bridgehead atoms. The fraction of sp³-hybridized carbons (Fsp3) is 0.615. The van der Waals surface area contributed by atoms with Gasteiger partial charge < -0.3 is 5.11 Å². The first kappa shape index (κ1) is 17.7. The predicted octanol–water partition coefficient (Wildman–Crippen LogP) is 2.57. The van der Waals surface area contributed by atoms with E-state index in [-0.39, 0.29) is 10.7 Å². The zero-order chi connectivity index (χ0) is 17.7. The number of hydrazone groups is 1. The van der Waals surface area contributed by atoms with Gasteiger partial charge in [0.15, 0.2) is 0 Å². The average molecular weight is 353 g/mol. The summed E-state index contributed by atoms with van der Waals surface area (Å²) in [5, 5.41) is 18.0. The zero-order valence-corrected chi connectivity index (χ0v) is 13.7. The topological polar surface area (TPSA) is 70.7 Å². The second kappa shape index (κ2) is 5.48. The third kappa shape index (κ3) is 2.72. The van der Waals surface area contributed by atoms with Gasteiger partial charge >= 0.3 is 6.18 Å². The molecule has 6 nitrogen and oxygen atoms in total. The first-order valence-electron chi connectivity index (χ1n) is 6.78. The van der Waals surface area contributed by atoms with E-state index >= 15 is 0 Å². The molecule has 1 aromatic rings. The van der Waals surface area contributed by atoms with Crippen molar-refractivity contribution in [1.29, 1.82) is 0 Å². The molecule has 1 amide bonds. The Morgan fingerprint density at radius 1 is 1.39 bits per heavy atom. The third-order valence-corrected chi connectivity index (χ3v) is 4.29. The molecule has 0 saturated carbocycles. The van der Waals surface area contributed by atoms with Gasteiger partial charge in [-0.3, -0.25) is 9.48 Å². The summed E-state index contributed by atoms with van der Waals surface area (Å²) >= 11 is 5.99. The van der Waals surface area contributed by atoms with Gasteiger partial charge in [-0.1, -0.05) is 11.6 Å². The number of hydrogen-bond donors (Lipinski definition) is 1. The van der Waals surface area contributed by atoms with E-state index in [9.17, 15) is 23.1 Å². The zero-order valence-electron chi connectivity index (χ0n) is 12.9. The van der Waals surface area contributed by atoms with Crippen molar-refractivity contribution < 1.29 is 23.1 Å². The number of hydrogen-bond acceptors (Lipinski definition) is 4. The van der Waals surface area contributed by atoms with Gasteiger partial charge in [-0.25, -0.2) is 0 Å². The van der Waals surface area contributed by atoms with E-state index in [1.54, 1.807) is 13.8 Å². The van der Waals surface area contributed by atoms with Crippen LogP contribution in [0.4, 0.5) is 13.2 Å². The van der Waals surface area contributed by atoms with E-state index in [1.165, 1.54) is 18.5 Å². The van der Waals surface area contributed by atoms with Crippen LogP contribution in [0.25, 0.3) is 0 Å². The van der Waals surface area contributed by atoms with Gasteiger partial charge in [-0.05, 0) is 27.7 Å². The monoisotopic (exact) mass is 352 g/mol. The lowest BCUT2D eigenvalue weighted by atomic mass is 10.1. The molecule has 0 radical (unpaired) electrons. The highest BCUT2D eigenvalue weighted by Gasteiger charge is 2.63.